The second kappa shape index (κ2) is 6.77. The number of thioether (sulfide) groups is 1. The van der Waals surface area contributed by atoms with Gasteiger partial charge in [0.25, 0.3) is 5.91 Å². The van der Waals surface area contributed by atoms with Crippen LogP contribution in [0, 0.1) is 0 Å². The molecule has 0 aliphatic rings. The molecule has 0 radical (unpaired) electrons. The first-order valence-electron chi connectivity index (χ1n) is 5.29. The molecule has 0 aliphatic heterocycles. The standard InChI is InChI=1S/C12H16ClNO2S/c1-14(6-3-7-17-2)12(16)9-4-5-11(15)10(13)8-9/h4-5,8,15H,3,6-7H2,1-2H3. The highest BCUT2D eigenvalue weighted by Gasteiger charge is 2.12. The van der Waals surface area contributed by atoms with Crippen molar-refractivity contribution in [3.8, 4) is 5.75 Å². The number of benzene rings is 1. The van der Waals surface area contributed by atoms with Crippen molar-refractivity contribution in [2.75, 3.05) is 25.6 Å². The maximum Gasteiger partial charge on any atom is 0.253 e. The van der Waals surface area contributed by atoms with Gasteiger partial charge in [-0.05, 0) is 36.6 Å². The van der Waals surface area contributed by atoms with Crippen LogP contribution >= 0.6 is 23.4 Å². The van der Waals surface area contributed by atoms with E-state index in [9.17, 15) is 9.90 Å². The van der Waals surface area contributed by atoms with Crippen molar-refractivity contribution in [2.45, 2.75) is 6.42 Å². The number of aromatic hydroxyl groups is 1. The van der Waals surface area contributed by atoms with E-state index in [1.807, 2.05) is 6.26 Å². The van der Waals surface area contributed by atoms with Gasteiger partial charge in [-0.25, -0.2) is 0 Å². The molecule has 1 aromatic carbocycles. The fourth-order valence-electron chi connectivity index (χ4n) is 1.41. The first kappa shape index (κ1) is 14.2. The van der Waals surface area contributed by atoms with E-state index in [0.717, 1.165) is 18.7 Å². The summed E-state index contributed by atoms with van der Waals surface area (Å²) in [6, 6.07) is 4.50. The third-order valence-corrected chi connectivity index (χ3v) is 3.38. The lowest BCUT2D eigenvalue weighted by molar-refractivity contribution is 0.0795. The van der Waals surface area contributed by atoms with Gasteiger partial charge in [0.15, 0.2) is 0 Å². The van der Waals surface area contributed by atoms with E-state index in [4.69, 9.17) is 11.6 Å². The van der Waals surface area contributed by atoms with Gasteiger partial charge in [0.1, 0.15) is 5.75 Å². The Hall–Kier alpha value is -0.870. The van der Waals surface area contributed by atoms with Crippen molar-refractivity contribution in [1.82, 2.24) is 4.90 Å². The highest BCUT2D eigenvalue weighted by atomic mass is 35.5. The van der Waals surface area contributed by atoms with Crippen LogP contribution < -0.4 is 0 Å². The summed E-state index contributed by atoms with van der Waals surface area (Å²) in [5.41, 5.74) is 0.499. The molecule has 0 aromatic heterocycles. The molecule has 0 saturated heterocycles. The van der Waals surface area contributed by atoms with Crippen LogP contribution in [0.5, 0.6) is 5.75 Å². The number of carbonyl (C=O) groups is 1. The summed E-state index contributed by atoms with van der Waals surface area (Å²) in [7, 11) is 1.77. The minimum atomic E-state index is -0.0759. The Balaban J connectivity index is 2.65. The Kier molecular flexibility index (Phi) is 5.65. The third kappa shape index (κ3) is 4.13. The molecule has 0 bridgehead atoms. The van der Waals surface area contributed by atoms with Gasteiger partial charge in [0, 0.05) is 19.2 Å². The number of nitrogens with zero attached hydrogens (tertiary/aromatic N) is 1. The largest absolute Gasteiger partial charge is 0.506 e. The van der Waals surface area contributed by atoms with Gasteiger partial charge in [-0.1, -0.05) is 11.6 Å². The van der Waals surface area contributed by atoms with Gasteiger partial charge in [-0.3, -0.25) is 4.79 Å². The van der Waals surface area contributed by atoms with Crippen molar-refractivity contribution >= 4 is 29.3 Å². The average Bonchev–Trinajstić information content (AvgIpc) is 2.32. The Labute approximate surface area is 111 Å². The van der Waals surface area contributed by atoms with Crippen LogP contribution in [-0.4, -0.2) is 41.5 Å². The van der Waals surface area contributed by atoms with E-state index in [2.05, 4.69) is 0 Å². The smallest absolute Gasteiger partial charge is 0.253 e. The lowest BCUT2D eigenvalue weighted by Crippen LogP contribution is -2.28. The van der Waals surface area contributed by atoms with Crippen molar-refractivity contribution in [1.29, 1.82) is 0 Å². The zero-order valence-electron chi connectivity index (χ0n) is 9.94. The maximum absolute atomic E-state index is 12.0. The van der Waals surface area contributed by atoms with Crippen LogP contribution in [-0.2, 0) is 0 Å². The van der Waals surface area contributed by atoms with Gasteiger partial charge in [0.2, 0.25) is 0 Å². The molecular formula is C12H16ClNO2S. The normalized spacial score (nSPS) is 10.3. The number of amides is 1. The molecule has 3 nitrogen and oxygen atoms in total. The van der Waals surface area contributed by atoms with Gasteiger partial charge < -0.3 is 10.0 Å². The van der Waals surface area contributed by atoms with Crippen molar-refractivity contribution in [3.63, 3.8) is 0 Å². The summed E-state index contributed by atoms with van der Waals surface area (Å²) in [6.45, 7) is 0.720. The van der Waals surface area contributed by atoms with E-state index in [1.165, 1.54) is 12.1 Å². The molecule has 0 aliphatic carbocycles. The number of phenols is 1. The summed E-state index contributed by atoms with van der Waals surface area (Å²) >= 11 is 7.53. The molecule has 0 saturated carbocycles. The summed E-state index contributed by atoms with van der Waals surface area (Å²) in [5.74, 6) is 0.953. The molecule has 0 atom stereocenters. The van der Waals surface area contributed by atoms with Crippen LogP contribution in [0.2, 0.25) is 5.02 Å². The molecule has 94 valence electrons. The van der Waals surface area contributed by atoms with Crippen LogP contribution in [0.3, 0.4) is 0 Å². The molecule has 1 N–H and O–H groups in total. The summed E-state index contributed by atoms with van der Waals surface area (Å²) < 4.78 is 0. The lowest BCUT2D eigenvalue weighted by Gasteiger charge is -2.17. The lowest BCUT2D eigenvalue weighted by atomic mass is 10.2. The van der Waals surface area contributed by atoms with Gasteiger partial charge in [-0.2, -0.15) is 11.8 Å². The van der Waals surface area contributed by atoms with E-state index < -0.39 is 0 Å². The highest BCUT2D eigenvalue weighted by Crippen LogP contribution is 2.24. The molecule has 1 aromatic rings. The second-order valence-corrected chi connectivity index (χ2v) is 5.13. The summed E-state index contributed by atoms with van der Waals surface area (Å²) in [4.78, 5) is 13.6. The van der Waals surface area contributed by atoms with E-state index >= 15 is 0 Å². The van der Waals surface area contributed by atoms with Crippen molar-refractivity contribution in [3.05, 3.63) is 28.8 Å². The minimum Gasteiger partial charge on any atom is -0.506 e. The summed E-state index contributed by atoms with van der Waals surface area (Å²) in [6.07, 6.45) is 3.01. The Morgan fingerprint density at radius 2 is 2.24 bits per heavy atom. The Morgan fingerprint density at radius 1 is 1.53 bits per heavy atom. The SMILES string of the molecule is CSCCCN(C)C(=O)c1ccc(O)c(Cl)c1. The Bertz CT molecular complexity index is 398. The molecule has 1 rings (SSSR count). The van der Waals surface area contributed by atoms with Gasteiger partial charge in [-0.15, -0.1) is 0 Å². The molecule has 0 heterocycles. The average molecular weight is 274 g/mol. The first-order valence-corrected chi connectivity index (χ1v) is 7.06. The van der Waals surface area contributed by atoms with Crippen LogP contribution in [0.25, 0.3) is 0 Å². The monoisotopic (exact) mass is 273 g/mol. The molecule has 5 heteroatoms. The number of hydrogen-bond donors (Lipinski definition) is 1. The van der Waals surface area contributed by atoms with Gasteiger partial charge >= 0.3 is 0 Å². The number of carbonyl (C=O) groups excluding carboxylic acids is 1. The van der Waals surface area contributed by atoms with Crippen molar-refractivity contribution < 1.29 is 9.90 Å². The zero-order chi connectivity index (χ0) is 12.8. The quantitative estimate of drug-likeness (QED) is 0.839. The number of rotatable bonds is 5. The van der Waals surface area contributed by atoms with E-state index in [1.54, 1.807) is 29.8 Å². The number of phenolic OH excluding ortho intramolecular Hbond substituents is 1. The second-order valence-electron chi connectivity index (χ2n) is 3.74. The zero-order valence-corrected chi connectivity index (χ0v) is 11.5. The minimum absolute atomic E-state index is 0.00625. The molecule has 0 spiro atoms. The highest BCUT2D eigenvalue weighted by molar-refractivity contribution is 7.98. The maximum atomic E-state index is 12.0. The molecule has 0 fully saturated rings. The predicted octanol–water partition coefficient (Wildman–Crippen LogP) is 2.87. The fourth-order valence-corrected chi connectivity index (χ4v) is 2.01. The van der Waals surface area contributed by atoms with Crippen molar-refractivity contribution in [2.24, 2.45) is 0 Å². The topological polar surface area (TPSA) is 40.5 Å². The number of halogens is 1. The van der Waals surface area contributed by atoms with Gasteiger partial charge in [0.05, 0.1) is 5.02 Å². The predicted molar refractivity (Wildman–Crippen MR) is 73.1 cm³/mol. The fraction of sp³-hybridized carbons (Fsp3) is 0.417. The Morgan fingerprint density at radius 3 is 2.82 bits per heavy atom. The molecule has 17 heavy (non-hydrogen) atoms. The molecule has 1 amide bonds. The third-order valence-electron chi connectivity index (χ3n) is 2.38. The molecular weight excluding hydrogens is 258 g/mol. The van der Waals surface area contributed by atoms with Crippen LogP contribution in [0.4, 0.5) is 0 Å². The van der Waals surface area contributed by atoms with E-state index in [0.29, 0.717) is 5.56 Å². The number of hydrogen-bond acceptors (Lipinski definition) is 3. The van der Waals surface area contributed by atoms with Crippen LogP contribution in [0.1, 0.15) is 16.8 Å². The first-order chi connectivity index (χ1) is 8.06. The van der Waals surface area contributed by atoms with Crippen LogP contribution in [0.15, 0.2) is 18.2 Å². The van der Waals surface area contributed by atoms with E-state index in [-0.39, 0.29) is 16.7 Å². The molecule has 0 unspecified atom stereocenters. The summed E-state index contributed by atoms with van der Waals surface area (Å²) in [5, 5.41) is 9.48.